The molecule has 1 aliphatic heterocycles. The van der Waals surface area contributed by atoms with Crippen molar-refractivity contribution in [3.8, 4) is 0 Å². The summed E-state index contributed by atoms with van der Waals surface area (Å²) in [6.45, 7) is 6.49. The first-order valence-corrected chi connectivity index (χ1v) is 7.46. The normalized spacial score (nSPS) is 19.3. The topological polar surface area (TPSA) is 47.4 Å². The molecule has 2 heterocycles. The molecule has 0 spiro atoms. The second kappa shape index (κ2) is 6.88. The summed E-state index contributed by atoms with van der Waals surface area (Å²) in [6, 6.07) is 0. The summed E-state index contributed by atoms with van der Waals surface area (Å²) in [6.07, 6.45) is 7.10. The summed E-state index contributed by atoms with van der Waals surface area (Å²) in [4.78, 5) is 18.6. The molecule has 20 heavy (non-hydrogen) atoms. The van der Waals surface area contributed by atoms with Crippen LogP contribution in [-0.2, 0) is 11.3 Å². The number of anilines is 1. The number of ether oxygens (including phenoxy) is 1. The van der Waals surface area contributed by atoms with Crippen LogP contribution in [0.2, 0.25) is 0 Å². The molecule has 0 aromatic carbocycles. The van der Waals surface area contributed by atoms with E-state index in [1.54, 1.807) is 17.0 Å². The van der Waals surface area contributed by atoms with Gasteiger partial charge in [0.05, 0.1) is 6.10 Å². The maximum Gasteiger partial charge on any atom is 0.293 e. The van der Waals surface area contributed by atoms with Crippen molar-refractivity contribution in [1.82, 2.24) is 9.55 Å². The Kier molecular flexibility index (Phi) is 5.17. The molecular formula is C15H25N3O2. The van der Waals surface area contributed by atoms with Crippen molar-refractivity contribution in [3.63, 3.8) is 0 Å². The van der Waals surface area contributed by atoms with Gasteiger partial charge in [0.1, 0.15) is 0 Å². The van der Waals surface area contributed by atoms with Crippen LogP contribution >= 0.6 is 0 Å². The Morgan fingerprint density at radius 3 is 2.95 bits per heavy atom. The van der Waals surface area contributed by atoms with Crippen LogP contribution in [0.5, 0.6) is 0 Å². The van der Waals surface area contributed by atoms with Crippen molar-refractivity contribution in [2.24, 2.45) is 5.92 Å². The fourth-order valence-electron chi connectivity index (χ4n) is 2.58. The van der Waals surface area contributed by atoms with E-state index in [0.717, 1.165) is 32.5 Å². The molecule has 1 aliphatic rings. The molecule has 0 saturated carbocycles. The van der Waals surface area contributed by atoms with Gasteiger partial charge in [0.2, 0.25) is 0 Å². The van der Waals surface area contributed by atoms with Gasteiger partial charge in [0, 0.05) is 39.1 Å². The SMILES string of the molecule is CC(C)Cn1ccnc(N(C)C[C@H]2CCCCO2)c1=O. The van der Waals surface area contributed by atoms with Gasteiger partial charge in [0.15, 0.2) is 5.82 Å². The van der Waals surface area contributed by atoms with Gasteiger partial charge in [-0.3, -0.25) is 4.79 Å². The molecule has 0 N–H and O–H groups in total. The monoisotopic (exact) mass is 279 g/mol. The first kappa shape index (κ1) is 15.0. The van der Waals surface area contributed by atoms with Crippen molar-refractivity contribution in [2.75, 3.05) is 25.1 Å². The molecule has 1 fully saturated rings. The van der Waals surface area contributed by atoms with Crippen LogP contribution in [0.3, 0.4) is 0 Å². The summed E-state index contributed by atoms with van der Waals surface area (Å²) in [5, 5.41) is 0. The molecule has 5 heteroatoms. The predicted molar refractivity (Wildman–Crippen MR) is 80.2 cm³/mol. The Morgan fingerprint density at radius 1 is 1.50 bits per heavy atom. The van der Waals surface area contributed by atoms with E-state index in [4.69, 9.17) is 4.74 Å². The zero-order valence-corrected chi connectivity index (χ0v) is 12.7. The number of hydrogen-bond acceptors (Lipinski definition) is 4. The van der Waals surface area contributed by atoms with E-state index in [2.05, 4.69) is 18.8 Å². The number of aromatic nitrogens is 2. The summed E-state index contributed by atoms with van der Waals surface area (Å²) in [5.74, 6) is 0.956. The average Bonchev–Trinajstić information content (AvgIpc) is 2.41. The Hall–Kier alpha value is -1.36. The van der Waals surface area contributed by atoms with Crippen LogP contribution < -0.4 is 10.5 Å². The number of rotatable bonds is 5. The van der Waals surface area contributed by atoms with E-state index in [-0.39, 0.29) is 11.7 Å². The lowest BCUT2D eigenvalue weighted by atomic mass is 10.1. The first-order chi connectivity index (χ1) is 9.58. The zero-order valence-electron chi connectivity index (χ0n) is 12.7. The van der Waals surface area contributed by atoms with Crippen molar-refractivity contribution >= 4 is 5.82 Å². The second-order valence-electron chi connectivity index (χ2n) is 5.97. The molecule has 1 saturated heterocycles. The molecule has 5 nitrogen and oxygen atoms in total. The van der Waals surface area contributed by atoms with Crippen LogP contribution in [0.25, 0.3) is 0 Å². The van der Waals surface area contributed by atoms with Gasteiger partial charge in [-0.15, -0.1) is 0 Å². The van der Waals surface area contributed by atoms with Gasteiger partial charge in [0.25, 0.3) is 5.56 Å². The van der Waals surface area contributed by atoms with Gasteiger partial charge < -0.3 is 14.2 Å². The molecule has 0 unspecified atom stereocenters. The molecule has 0 amide bonds. The van der Waals surface area contributed by atoms with Crippen LogP contribution in [-0.4, -0.2) is 35.9 Å². The Bertz CT molecular complexity index is 478. The lowest BCUT2D eigenvalue weighted by Gasteiger charge is -2.27. The highest BCUT2D eigenvalue weighted by atomic mass is 16.5. The summed E-state index contributed by atoms with van der Waals surface area (Å²) in [7, 11) is 1.92. The van der Waals surface area contributed by atoms with Crippen molar-refractivity contribution in [3.05, 3.63) is 22.7 Å². The third kappa shape index (κ3) is 3.82. The Morgan fingerprint density at radius 2 is 2.30 bits per heavy atom. The standard InChI is InChI=1S/C15H25N3O2/c1-12(2)10-18-8-7-16-14(15(18)19)17(3)11-13-6-4-5-9-20-13/h7-8,12-13H,4-6,9-11H2,1-3H3/t13-/m1/s1. The fraction of sp³-hybridized carbons (Fsp3) is 0.733. The summed E-state index contributed by atoms with van der Waals surface area (Å²) < 4.78 is 7.47. The highest BCUT2D eigenvalue weighted by molar-refractivity contribution is 5.34. The predicted octanol–water partition coefficient (Wildman–Crippen LogP) is 1.90. The second-order valence-corrected chi connectivity index (χ2v) is 5.97. The lowest BCUT2D eigenvalue weighted by molar-refractivity contribution is 0.0215. The number of nitrogens with zero attached hydrogens (tertiary/aromatic N) is 3. The van der Waals surface area contributed by atoms with Gasteiger partial charge in [-0.05, 0) is 25.2 Å². The van der Waals surface area contributed by atoms with E-state index in [1.807, 2.05) is 11.9 Å². The largest absolute Gasteiger partial charge is 0.376 e. The quantitative estimate of drug-likeness (QED) is 0.826. The van der Waals surface area contributed by atoms with Gasteiger partial charge >= 0.3 is 0 Å². The highest BCUT2D eigenvalue weighted by Crippen LogP contribution is 2.14. The molecule has 0 radical (unpaired) electrons. The molecule has 1 atom stereocenters. The van der Waals surface area contributed by atoms with Crippen LogP contribution in [0.4, 0.5) is 5.82 Å². The van der Waals surface area contributed by atoms with E-state index in [9.17, 15) is 4.79 Å². The summed E-state index contributed by atoms with van der Waals surface area (Å²) >= 11 is 0. The van der Waals surface area contributed by atoms with Gasteiger partial charge in [-0.2, -0.15) is 0 Å². The Balaban J connectivity index is 2.08. The maximum absolute atomic E-state index is 12.4. The lowest BCUT2D eigenvalue weighted by Crippen LogP contribution is -2.38. The third-order valence-corrected chi connectivity index (χ3v) is 3.57. The van der Waals surface area contributed by atoms with E-state index >= 15 is 0 Å². The van der Waals surface area contributed by atoms with E-state index < -0.39 is 0 Å². The molecule has 1 aromatic heterocycles. The maximum atomic E-state index is 12.4. The van der Waals surface area contributed by atoms with Crippen molar-refractivity contribution < 1.29 is 4.74 Å². The Labute approximate surface area is 120 Å². The molecule has 1 aromatic rings. The van der Waals surface area contributed by atoms with Crippen LogP contribution in [0, 0.1) is 5.92 Å². The fourth-order valence-corrected chi connectivity index (χ4v) is 2.58. The minimum atomic E-state index is -0.0143. The smallest absolute Gasteiger partial charge is 0.293 e. The van der Waals surface area contributed by atoms with Crippen molar-refractivity contribution in [1.29, 1.82) is 0 Å². The van der Waals surface area contributed by atoms with Crippen molar-refractivity contribution in [2.45, 2.75) is 45.8 Å². The molecule has 0 aliphatic carbocycles. The molecule has 112 valence electrons. The van der Waals surface area contributed by atoms with Gasteiger partial charge in [-0.25, -0.2) is 4.98 Å². The minimum absolute atomic E-state index is 0.0143. The summed E-state index contributed by atoms with van der Waals surface area (Å²) in [5.41, 5.74) is -0.0143. The zero-order chi connectivity index (χ0) is 14.5. The number of hydrogen-bond donors (Lipinski definition) is 0. The molecule has 2 rings (SSSR count). The van der Waals surface area contributed by atoms with Gasteiger partial charge in [-0.1, -0.05) is 13.8 Å². The van der Waals surface area contributed by atoms with Crippen LogP contribution in [0.15, 0.2) is 17.2 Å². The highest BCUT2D eigenvalue weighted by Gasteiger charge is 2.18. The molecular weight excluding hydrogens is 254 g/mol. The minimum Gasteiger partial charge on any atom is -0.376 e. The molecule has 0 bridgehead atoms. The van der Waals surface area contributed by atoms with E-state index in [1.165, 1.54) is 6.42 Å². The average molecular weight is 279 g/mol. The number of likely N-dealkylation sites (N-methyl/N-ethyl adjacent to an activating group) is 1. The third-order valence-electron chi connectivity index (χ3n) is 3.57. The van der Waals surface area contributed by atoms with E-state index in [0.29, 0.717) is 11.7 Å². The first-order valence-electron chi connectivity index (χ1n) is 7.46. The van der Waals surface area contributed by atoms with Crippen LogP contribution in [0.1, 0.15) is 33.1 Å².